The summed E-state index contributed by atoms with van der Waals surface area (Å²) in [4.78, 5) is 20.6. The van der Waals surface area contributed by atoms with Crippen LogP contribution in [0.25, 0.3) is 28.2 Å². The molecule has 0 atom stereocenters. The maximum atomic E-state index is 13.5. The first-order valence-electron chi connectivity index (χ1n) is 13.7. The first kappa shape index (κ1) is 30.0. The minimum absolute atomic E-state index is 0.0572. The molecule has 0 bridgehead atoms. The summed E-state index contributed by atoms with van der Waals surface area (Å²) in [5, 5.41) is 17.8. The van der Waals surface area contributed by atoms with Crippen LogP contribution < -0.4 is 5.32 Å². The highest BCUT2D eigenvalue weighted by Gasteiger charge is 2.35. The van der Waals surface area contributed by atoms with Gasteiger partial charge >= 0.3 is 6.18 Å². The molecule has 2 N–H and O–H groups in total. The Morgan fingerprint density at radius 2 is 1.81 bits per heavy atom. The molecule has 0 unspecified atom stereocenters. The van der Waals surface area contributed by atoms with E-state index in [-0.39, 0.29) is 33.9 Å². The molecule has 0 aliphatic heterocycles. The fraction of sp³-hybridized carbons (Fsp3) is 0.250. The maximum Gasteiger partial charge on any atom is 0.434 e. The number of aryl methyl sites for hydroxylation is 1. The largest absolute Gasteiger partial charge is 0.507 e. The Balaban J connectivity index is 1.27. The van der Waals surface area contributed by atoms with Gasteiger partial charge in [-0.1, -0.05) is 43.6 Å². The number of amides is 1. The second-order valence-corrected chi connectivity index (χ2v) is 11.5. The molecule has 11 heteroatoms. The lowest BCUT2D eigenvalue weighted by molar-refractivity contribution is -0.140. The summed E-state index contributed by atoms with van der Waals surface area (Å²) in [6.45, 7) is 4.57. The quantitative estimate of drug-likeness (QED) is 0.180. The van der Waals surface area contributed by atoms with E-state index in [0.29, 0.717) is 29.3 Å². The second kappa shape index (κ2) is 12.0. The van der Waals surface area contributed by atoms with E-state index < -0.39 is 11.9 Å². The van der Waals surface area contributed by atoms with Gasteiger partial charge in [0, 0.05) is 28.9 Å². The van der Waals surface area contributed by atoms with Crippen molar-refractivity contribution in [3.8, 4) is 28.3 Å². The number of phenols is 1. The number of aromatic hydroxyl groups is 1. The van der Waals surface area contributed by atoms with Crippen molar-refractivity contribution >= 4 is 23.2 Å². The van der Waals surface area contributed by atoms with E-state index in [1.54, 1.807) is 36.5 Å². The SMILES string of the molecule is CC(C)(CCCc1cc(-c2cn3nc(-c4cccnc4C(F)(F)F)ccc3n2)ccc1Cl)CNC(=O)c1ccccc1O. The van der Waals surface area contributed by atoms with Crippen molar-refractivity contribution < 1.29 is 23.1 Å². The Kier molecular flexibility index (Phi) is 8.41. The summed E-state index contributed by atoms with van der Waals surface area (Å²) in [6.07, 6.45) is 0.486. The fourth-order valence-electron chi connectivity index (χ4n) is 4.85. The van der Waals surface area contributed by atoms with Crippen LogP contribution in [0.2, 0.25) is 5.02 Å². The molecule has 1 amide bonds. The van der Waals surface area contributed by atoms with Crippen molar-refractivity contribution in [2.24, 2.45) is 5.41 Å². The highest BCUT2D eigenvalue weighted by Crippen LogP contribution is 2.35. The third kappa shape index (κ3) is 6.97. The Bertz CT molecular complexity index is 1780. The monoisotopic (exact) mass is 607 g/mol. The average molecular weight is 608 g/mol. The number of benzene rings is 2. The highest BCUT2D eigenvalue weighted by molar-refractivity contribution is 6.31. The number of nitrogens with zero attached hydrogens (tertiary/aromatic N) is 4. The fourth-order valence-corrected chi connectivity index (χ4v) is 5.07. The zero-order valence-electron chi connectivity index (χ0n) is 23.5. The number of hydrogen-bond acceptors (Lipinski definition) is 5. The molecule has 5 rings (SSSR count). The van der Waals surface area contributed by atoms with E-state index in [9.17, 15) is 23.1 Å². The number of pyridine rings is 1. The van der Waals surface area contributed by atoms with E-state index in [4.69, 9.17) is 11.6 Å². The van der Waals surface area contributed by atoms with Gasteiger partial charge < -0.3 is 10.4 Å². The Labute approximate surface area is 251 Å². The van der Waals surface area contributed by atoms with E-state index >= 15 is 0 Å². The van der Waals surface area contributed by atoms with Crippen molar-refractivity contribution in [3.63, 3.8) is 0 Å². The van der Waals surface area contributed by atoms with Gasteiger partial charge in [0.25, 0.3) is 5.91 Å². The van der Waals surface area contributed by atoms with Crippen LogP contribution in [0.15, 0.2) is 79.1 Å². The lowest BCUT2D eigenvalue weighted by Gasteiger charge is -2.25. The molecule has 0 radical (unpaired) electrons. The van der Waals surface area contributed by atoms with Crippen LogP contribution >= 0.6 is 11.6 Å². The van der Waals surface area contributed by atoms with Crippen molar-refractivity contribution in [2.45, 2.75) is 39.3 Å². The van der Waals surface area contributed by atoms with Crippen LogP contribution in [0.3, 0.4) is 0 Å². The summed E-state index contributed by atoms with van der Waals surface area (Å²) in [6, 6.07) is 17.9. The number of carbonyl (C=O) groups is 1. The van der Waals surface area contributed by atoms with Crippen molar-refractivity contribution in [2.75, 3.05) is 6.54 Å². The lowest BCUT2D eigenvalue weighted by Crippen LogP contribution is -2.34. The predicted octanol–water partition coefficient (Wildman–Crippen LogP) is 7.62. The third-order valence-corrected chi connectivity index (χ3v) is 7.56. The molecule has 43 heavy (non-hydrogen) atoms. The minimum atomic E-state index is -4.61. The van der Waals surface area contributed by atoms with E-state index in [1.807, 2.05) is 12.1 Å². The van der Waals surface area contributed by atoms with Crippen LogP contribution in [0.5, 0.6) is 5.75 Å². The molecule has 0 aliphatic rings. The van der Waals surface area contributed by atoms with E-state index in [0.717, 1.165) is 30.2 Å². The van der Waals surface area contributed by atoms with Crippen LogP contribution in [-0.2, 0) is 12.6 Å². The molecule has 0 saturated carbocycles. The summed E-state index contributed by atoms with van der Waals surface area (Å²) in [5.74, 6) is -0.379. The van der Waals surface area contributed by atoms with Crippen molar-refractivity contribution in [3.05, 3.63) is 101 Å². The minimum Gasteiger partial charge on any atom is -0.507 e. The number of nitrogens with one attached hydrogen (secondary N) is 1. The van der Waals surface area contributed by atoms with E-state index in [1.165, 1.54) is 28.8 Å². The lowest BCUT2D eigenvalue weighted by atomic mass is 9.86. The smallest absolute Gasteiger partial charge is 0.434 e. The first-order valence-corrected chi connectivity index (χ1v) is 14.0. The number of imidazole rings is 1. The van der Waals surface area contributed by atoms with Crippen LogP contribution in [-0.4, -0.2) is 37.1 Å². The number of carbonyl (C=O) groups excluding carboxylic acids is 1. The van der Waals surface area contributed by atoms with E-state index in [2.05, 4.69) is 34.2 Å². The van der Waals surface area contributed by atoms with Crippen molar-refractivity contribution in [1.29, 1.82) is 0 Å². The molecule has 0 aliphatic carbocycles. The van der Waals surface area contributed by atoms with Gasteiger partial charge in [-0.05, 0) is 78.8 Å². The van der Waals surface area contributed by atoms with Gasteiger partial charge in [-0.15, -0.1) is 0 Å². The van der Waals surface area contributed by atoms with Gasteiger partial charge in [-0.3, -0.25) is 9.78 Å². The van der Waals surface area contributed by atoms with Crippen LogP contribution in [0.1, 0.15) is 48.3 Å². The third-order valence-electron chi connectivity index (χ3n) is 7.19. The molecule has 3 heterocycles. The maximum absolute atomic E-state index is 13.5. The summed E-state index contributed by atoms with van der Waals surface area (Å²) in [5.41, 5.74) is 1.90. The normalized spacial score (nSPS) is 12.0. The number of hydrogen-bond donors (Lipinski definition) is 2. The standard InChI is InChI=1S/C32H29ClF3N5O2/c1-31(2,19-38-30(43)23-8-3-4-10-27(23)42)15-5-7-20-17-21(11-12-24(20)33)26-18-41-28(39-26)14-13-25(40-41)22-9-6-16-37-29(22)32(34,35)36/h3-4,6,8-14,16-18,42H,5,7,15,19H2,1-2H3,(H,38,43). The molecule has 0 fully saturated rings. The van der Waals surface area contributed by atoms with Gasteiger partial charge in [-0.25, -0.2) is 9.50 Å². The number of rotatable bonds is 9. The molecule has 3 aromatic heterocycles. The van der Waals surface area contributed by atoms with Gasteiger partial charge in [0.1, 0.15) is 5.75 Å². The van der Waals surface area contributed by atoms with Gasteiger partial charge in [0.15, 0.2) is 11.3 Å². The first-order chi connectivity index (χ1) is 20.4. The summed E-state index contributed by atoms with van der Waals surface area (Å²) >= 11 is 6.52. The van der Waals surface area contributed by atoms with Gasteiger partial charge in [-0.2, -0.15) is 18.3 Å². The number of para-hydroxylation sites is 1. The van der Waals surface area contributed by atoms with Crippen LogP contribution in [0, 0.1) is 5.41 Å². The Morgan fingerprint density at radius 3 is 2.58 bits per heavy atom. The predicted molar refractivity (Wildman–Crippen MR) is 159 cm³/mol. The molecule has 0 spiro atoms. The summed E-state index contributed by atoms with van der Waals surface area (Å²) < 4.78 is 42.0. The molecule has 5 aromatic rings. The molecular weight excluding hydrogens is 579 g/mol. The van der Waals surface area contributed by atoms with Gasteiger partial charge in [0.05, 0.1) is 23.1 Å². The molecule has 0 saturated heterocycles. The number of halogens is 4. The zero-order chi connectivity index (χ0) is 30.8. The average Bonchev–Trinajstić information content (AvgIpc) is 3.40. The zero-order valence-corrected chi connectivity index (χ0v) is 24.2. The molecule has 7 nitrogen and oxygen atoms in total. The highest BCUT2D eigenvalue weighted by atomic mass is 35.5. The van der Waals surface area contributed by atoms with Crippen LogP contribution in [0.4, 0.5) is 13.2 Å². The topological polar surface area (TPSA) is 92.4 Å². The molecular formula is C32H29ClF3N5O2. The number of fused-ring (bicyclic) bond motifs is 1. The van der Waals surface area contributed by atoms with Crippen molar-refractivity contribution in [1.82, 2.24) is 24.9 Å². The number of aromatic nitrogens is 4. The summed E-state index contributed by atoms with van der Waals surface area (Å²) in [7, 11) is 0. The Morgan fingerprint density at radius 1 is 1.02 bits per heavy atom. The number of alkyl halides is 3. The number of phenolic OH excluding ortho intramolecular Hbond substituents is 1. The molecule has 222 valence electrons. The van der Waals surface area contributed by atoms with Gasteiger partial charge in [0.2, 0.25) is 0 Å². The second-order valence-electron chi connectivity index (χ2n) is 11.1. The Hall–Kier alpha value is -4.44. The molecule has 2 aromatic carbocycles.